The molecule has 2 aromatic rings. The Balaban J connectivity index is 1.67. The van der Waals surface area contributed by atoms with Crippen LogP contribution in [0.3, 0.4) is 0 Å². The Labute approximate surface area is 169 Å². The smallest absolute Gasteiger partial charge is 0.267 e. The number of hydrogen-bond donors (Lipinski definition) is 2. The number of carbonyl (C=O) groups excluding carboxylic acids is 3. The second-order valence-electron chi connectivity index (χ2n) is 6.81. The number of hydrazone groups is 1. The van der Waals surface area contributed by atoms with Crippen molar-refractivity contribution in [2.75, 3.05) is 10.3 Å². The molecule has 0 fully saturated rings. The zero-order chi connectivity index (χ0) is 20.8. The maximum Gasteiger partial charge on any atom is 0.267 e. The van der Waals surface area contributed by atoms with E-state index < -0.39 is 0 Å². The molecule has 0 radical (unpaired) electrons. The lowest BCUT2D eigenvalue weighted by Crippen LogP contribution is -2.39. The quantitative estimate of drug-likeness (QED) is 0.789. The second-order valence-corrected chi connectivity index (χ2v) is 6.81. The number of para-hydroxylation sites is 1. The molecule has 0 saturated carbocycles. The molecule has 1 aliphatic heterocycles. The fraction of sp³-hybridized carbons (Fsp3) is 0.273. The van der Waals surface area contributed by atoms with E-state index in [2.05, 4.69) is 15.7 Å². The fourth-order valence-corrected chi connectivity index (χ4v) is 2.96. The third kappa shape index (κ3) is 5.07. The largest absolute Gasteiger partial charge is 0.344 e. The van der Waals surface area contributed by atoms with Crippen LogP contribution in [0.2, 0.25) is 0 Å². The molecule has 0 aliphatic carbocycles. The maximum atomic E-state index is 12.7. The molecule has 1 unspecified atom stereocenters. The van der Waals surface area contributed by atoms with Gasteiger partial charge < -0.3 is 10.6 Å². The molecule has 1 aliphatic rings. The first-order valence-electron chi connectivity index (χ1n) is 9.64. The minimum absolute atomic E-state index is 0.0491. The Morgan fingerprint density at radius 1 is 1.07 bits per heavy atom. The zero-order valence-electron chi connectivity index (χ0n) is 16.5. The number of anilines is 2. The molecule has 150 valence electrons. The number of carbonyl (C=O) groups is 3. The van der Waals surface area contributed by atoms with E-state index in [0.29, 0.717) is 29.9 Å². The molecule has 3 amide bonds. The predicted molar refractivity (Wildman–Crippen MR) is 113 cm³/mol. The van der Waals surface area contributed by atoms with Gasteiger partial charge in [-0.1, -0.05) is 37.3 Å². The lowest BCUT2D eigenvalue weighted by atomic mass is 10.1. The topological polar surface area (TPSA) is 90.9 Å². The fourth-order valence-electron chi connectivity index (χ4n) is 2.96. The molecule has 0 aromatic heterocycles. The van der Waals surface area contributed by atoms with Crippen LogP contribution in [0.4, 0.5) is 11.4 Å². The van der Waals surface area contributed by atoms with E-state index in [9.17, 15) is 14.4 Å². The summed E-state index contributed by atoms with van der Waals surface area (Å²) in [6.07, 6.45) is 0.961. The van der Waals surface area contributed by atoms with Crippen molar-refractivity contribution in [3.8, 4) is 0 Å². The van der Waals surface area contributed by atoms with Crippen LogP contribution in [0.15, 0.2) is 59.7 Å². The van der Waals surface area contributed by atoms with Gasteiger partial charge in [0, 0.05) is 24.9 Å². The number of rotatable bonds is 6. The van der Waals surface area contributed by atoms with Gasteiger partial charge in [-0.25, -0.2) is 5.01 Å². The average Bonchev–Trinajstić information content (AvgIpc) is 2.75. The summed E-state index contributed by atoms with van der Waals surface area (Å²) in [5.74, 6) is -0.480. The van der Waals surface area contributed by atoms with Gasteiger partial charge in [0.25, 0.3) is 5.91 Å². The molecule has 1 heterocycles. The predicted octanol–water partition coefficient (Wildman–Crippen LogP) is 3.40. The van der Waals surface area contributed by atoms with Crippen LogP contribution in [0, 0.1) is 0 Å². The van der Waals surface area contributed by atoms with Crippen LogP contribution in [-0.2, 0) is 14.4 Å². The second kappa shape index (κ2) is 9.14. The summed E-state index contributed by atoms with van der Waals surface area (Å²) in [4.78, 5) is 36.3. The molecule has 2 aromatic carbocycles. The molecular formula is C22H24N4O3. The summed E-state index contributed by atoms with van der Waals surface area (Å²) in [5.41, 5.74) is 2.58. The van der Waals surface area contributed by atoms with Crippen molar-refractivity contribution in [2.24, 2.45) is 5.10 Å². The molecule has 0 saturated heterocycles. The summed E-state index contributed by atoms with van der Waals surface area (Å²) in [6.45, 7) is 3.67. The number of hydrogen-bond acceptors (Lipinski definition) is 4. The Morgan fingerprint density at radius 2 is 1.76 bits per heavy atom. The van der Waals surface area contributed by atoms with Gasteiger partial charge in [0.15, 0.2) is 0 Å². The van der Waals surface area contributed by atoms with E-state index in [4.69, 9.17) is 0 Å². The first-order valence-corrected chi connectivity index (χ1v) is 9.64. The van der Waals surface area contributed by atoms with Crippen LogP contribution < -0.4 is 15.6 Å². The normalized spacial score (nSPS) is 14.8. The van der Waals surface area contributed by atoms with E-state index in [1.165, 1.54) is 5.01 Å². The minimum Gasteiger partial charge on any atom is -0.344 e. The van der Waals surface area contributed by atoms with Crippen molar-refractivity contribution in [2.45, 2.75) is 39.2 Å². The number of benzene rings is 2. The highest BCUT2D eigenvalue weighted by Gasteiger charge is 2.26. The van der Waals surface area contributed by atoms with Crippen molar-refractivity contribution >= 4 is 34.8 Å². The molecule has 7 nitrogen and oxygen atoms in total. The number of nitrogens with zero attached hydrogens (tertiary/aromatic N) is 2. The molecular weight excluding hydrogens is 368 g/mol. The monoisotopic (exact) mass is 392 g/mol. The lowest BCUT2D eigenvalue weighted by Gasteiger charge is -2.24. The Hall–Kier alpha value is -3.48. The molecule has 7 heteroatoms. The van der Waals surface area contributed by atoms with Crippen LogP contribution in [0.5, 0.6) is 0 Å². The van der Waals surface area contributed by atoms with Crippen molar-refractivity contribution in [1.82, 2.24) is 5.32 Å². The van der Waals surface area contributed by atoms with Crippen LogP contribution in [-0.4, -0.2) is 23.4 Å². The molecule has 2 N–H and O–H groups in total. The summed E-state index contributed by atoms with van der Waals surface area (Å²) in [5, 5.41) is 11.3. The Kier molecular flexibility index (Phi) is 6.39. The van der Waals surface area contributed by atoms with Gasteiger partial charge in [-0.05, 0) is 36.8 Å². The zero-order valence-corrected chi connectivity index (χ0v) is 16.5. The third-order valence-electron chi connectivity index (χ3n) is 4.66. The highest BCUT2D eigenvalue weighted by atomic mass is 16.2. The first kappa shape index (κ1) is 20.3. The third-order valence-corrected chi connectivity index (χ3v) is 4.66. The van der Waals surface area contributed by atoms with E-state index in [-0.39, 0.29) is 30.2 Å². The Bertz CT molecular complexity index is 923. The van der Waals surface area contributed by atoms with Gasteiger partial charge in [-0.3, -0.25) is 14.4 Å². The van der Waals surface area contributed by atoms with Gasteiger partial charge in [-0.15, -0.1) is 0 Å². The molecule has 3 rings (SSSR count). The lowest BCUT2D eigenvalue weighted by molar-refractivity contribution is -0.119. The highest BCUT2D eigenvalue weighted by molar-refractivity contribution is 6.40. The SMILES string of the molecule is CCC(=O)Nc1ccc(C(C)NC(=O)C2=NN(c3ccccc3)C(=O)CC2)cc1. The van der Waals surface area contributed by atoms with Gasteiger partial charge in [0.1, 0.15) is 5.71 Å². The summed E-state index contributed by atoms with van der Waals surface area (Å²) in [6, 6.07) is 16.1. The van der Waals surface area contributed by atoms with Gasteiger partial charge in [-0.2, -0.15) is 5.10 Å². The number of nitrogens with one attached hydrogen (secondary N) is 2. The van der Waals surface area contributed by atoms with Crippen LogP contribution in [0.1, 0.15) is 44.7 Å². The average molecular weight is 392 g/mol. The summed E-state index contributed by atoms with van der Waals surface area (Å²) in [7, 11) is 0. The van der Waals surface area contributed by atoms with Crippen LogP contribution >= 0.6 is 0 Å². The molecule has 0 spiro atoms. The summed E-state index contributed by atoms with van der Waals surface area (Å²) < 4.78 is 0. The first-order chi connectivity index (χ1) is 14.0. The standard InChI is InChI=1S/C22H24N4O3/c1-3-20(27)24-17-11-9-16(10-12-17)15(2)23-22(29)19-13-14-21(28)26(25-19)18-7-5-4-6-8-18/h4-12,15H,3,13-14H2,1-2H3,(H,23,29)(H,24,27). The molecule has 1 atom stereocenters. The van der Waals surface area contributed by atoms with Crippen molar-refractivity contribution in [3.05, 3.63) is 60.2 Å². The van der Waals surface area contributed by atoms with Gasteiger partial charge in [0.2, 0.25) is 11.8 Å². The van der Waals surface area contributed by atoms with E-state index in [1.807, 2.05) is 37.3 Å². The van der Waals surface area contributed by atoms with Gasteiger partial charge >= 0.3 is 0 Å². The number of amides is 3. The van der Waals surface area contributed by atoms with E-state index >= 15 is 0 Å². The molecule has 0 bridgehead atoms. The minimum atomic E-state index is -0.297. The van der Waals surface area contributed by atoms with E-state index in [1.54, 1.807) is 31.2 Å². The van der Waals surface area contributed by atoms with E-state index in [0.717, 1.165) is 5.56 Å². The van der Waals surface area contributed by atoms with Gasteiger partial charge in [0.05, 0.1) is 11.7 Å². The Morgan fingerprint density at radius 3 is 2.41 bits per heavy atom. The maximum absolute atomic E-state index is 12.7. The molecule has 29 heavy (non-hydrogen) atoms. The summed E-state index contributed by atoms with van der Waals surface area (Å²) >= 11 is 0. The van der Waals surface area contributed by atoms with Crippen molar-refractivity contribution in [3.63, 3.8) is 0 Å². The highest BCUT2D eigenvalue weighted by Crippen LogP contribution is 2.21. The van der Waals surface area contributed by atoms with Crippen molar-refractivity contribution < 1.29 is 14.4 Å². The van der Waals surface area contributed by atoms with Crippen LogP contribution in [0.25, 0.3) is 0 Å². The van der Waals surface area contributed by atoms with Crippen molar-refractivity contribution in [1.29, 1.82) is 0 Å².